The lowest BCUT2D eigenvalue weighted by Gasteiger charge is -2.09. The summed E-state index contributed by atoms with van der Waals surface area (Å²) >= 11 is 3.42. The van der Waals surface area contributed by atoms with E-state index in [0.29, 0.717) is 11.8 Å². The van der Waals surface area contributed by atoms with Gasteiger partial charge < -0.3 is 5.32 Å². The monoisotopic (exact) mass is 330 g/mol. The molecule has 0 aliphatic heterocycles. The minimum atomic E-state index is 0.353. The molecule has 2 aromatic heterocycles. The Morgan fingerprint density at radius 2 is 2.05 bits per heavy atom. The van der Waals surface area contributed by atoms with Crippen LogP contribution in [-0.2, 0) is 0 Å². The third kappa shape index (κ3) is 2.54. The van der Waals surface area contributed by atoms with Gasteiger partial charge >= 0.3 is 0 Å². The summed E-state index contributed by atoms with van der Waals surface area (Å²) in [5.41, 5.74) is 4.16. The van der Waals surface area contributed by atoms with Crippen molar-refractivity contribution < 1.29 is 0 Å². The van der Waals surface area contributed by atoms with E-state index in [4.69, 9.17) is 5.84 Å². The Morgan fingerprint density at radius 3 is 2.90 bits per heavy atom. The minimum Gasteiger partial charge on any atom is -0.338 e. The highest BCUT2D eigenvalue weighted by molar-refractivity contribution is 9.10. The number of rotatable bonds is 3. The minimum absolute atomic E-state index is 0.353. The Labute approximate surface area is 123 Å². The van der Waals surface area contributed by atoms with Gasteiger partial charge in [0.1, 0.15) is 5.82 Å². The van der Waals surface area contributed by atoms with Crippen molar-refractivity contribution in [2.24, 2.45) is 5.84 Å². The van der Waals surface area contributed by atoms with Crippen LogP contribution >= 0.6 is 15.9 Å². The van der Waals surface area contributed by atoms with Gasteiger partial charge in [0.2, 0.25) is 5.95 Å². The number of hydrogen-bond donors (Lipinski definition) is 3. The van der Waals surface area contributed by atoms with Crippen LogP contribution in [0.25, 0.3) is 10.9 Å². The molecular formula is C13H11BrN6. The molecular weight excluding hydrogens is 320 g/mol. The lowest BCUT2D eigenvalue weighted by molar-refractivity contribution is 1.12. The first kappa shape index (κ1) is 12.8. The smallest absolute Gasteiger partial charge is 0.239 e. The van der Waals surface area contributed by atoms with E-state index in [-0.39, 0.29) is 0 Å². The number of fused-ring (bicyclic) bond motifs is 1. The maximum absolute atomic E-state index is 5.30. The van der Waals surface area contributed by atoms with Crippen molar-refractivity contribution in [2.45, 2.75) is 0 Å². The maximum atomic E-state index is 5.30. The summed E-state index contributed by atoms with van der Waals surface area (Å²) in [7, 11) is 0. The number of pyridine rings is 1. The van der Waals surface area contributed by atoms with Crippen LogP contribution in [0.4, 0.5) is 17.5 Å². The molecule has 6 nitrogen and oxygen atoms in total. The molecule has 0 saturated carbocycles. The number of nitrogens with two attached hydrogens (primary N) is 1. The first-order valence-corrected chi connectivity index (χ1v) is 6.66. The van der Waals surface area contributed by atoms with E-state index in [0.717, 1.165) is 21.1 Å². The number of anilines is 3. The fourth-order valence-electron chi connectivity index (χ4n) is 1.87. The lowest BCUT2D eigenvalue weighted by Crippen LogP contribution is -2.10. The average Bonchev–Trinajstić information content (AvgIpc) is 2.47. The number of aromatic nitrogens is 3. The van der Waals surface area contributed by atoms with Crippen LogP contribution in [0, 0.1) is 0 Å². The Bertz CT molecular complexity index is 761. The summed E-state index contributed by atoms with van der Waals surface area (Å²) in [6.07, 6.45) is 3.39. The molecule has 0 fully saturated rings. The summed E-state index contributed by atoms with van der Waals surface area (Å²) < 4.78 is 0.943. The number of para-hydroxylation sites is 1. The van der Waals surface area contributed by atoms with Crippen molar-refractivity contribution >= 4 is 44.3 Å². The topological polar surface area (TPSA) is 88.8 Å². The van der Waals surface area contributed by atoms with E-state index in [1.807, 2.05) is 24.3 Å². The van der Waals surface area contributed by atoms with Gasteiger partial charge in [-0.1, -0.05) is 12.1 Å². The molecule has 0 aliphatic carbocycles. The highest BCUT2D eigenvalue weighted by Crippen LogP contribution is 2.26. The third-order valence-corrected chi connectivity index (χ3v) is 3.16. The average molecular weight is 331 g/mol. The molecule has 4 N–H and O–H groups in total. The zero-order valence-electron chi connectivity index (χ0n) is 10.3. The number of halogens is 1. The van der Waals surface area contributed by atoms with E-state index >= 15 is 0 Å². The summed E-state index contributed by atoms with van der Waals surface area (Å²) in [5, 5.41) is 4.25. The molecule has 0 aliphatic rings. The molecule has 100 valence electrons. The molecule has 0 unspecified atom stereocenters. The van der Waals surface area contributed by atoms with Crippen molar-refractivity contribution in [3.8, 4) is 0 Å². The second-order valence-electron chi connectivity index (χ2n) is 4.07. The Hall–Kier alpha value is -2.25. The number of hydrazine groups is 1. The maximum Gasteiger partial charge on any atom is 0.239 e. The van der Waals surface area contributed by atoms with Crippen molar-refractivity contribution in [3.63, 3.8) is 0 Å². The number of nitrogen functional groups attached to an aromatic ring is 1. The molecule has 3 aromatic rings. The summed E-state index contributed by atoms with van der Waals surface area (Å²) in [6.45, 7) is 0. The fourth-order valence-corrected chi connectivity index (χ4v) is 2.22. The van der Waals surface area contributed by atoms with Crippen molar-refractivity contribution in [1.29, 1.82) is 0 Å². The van der Waals surface area contributed by atoms with E-state index in [9.17, 15) is 0 Å². The predicted molar refractivity (Wildman–Crippen MR) is 82.6 cm³/mol. The number of nitrogens with one attached hydrogen (secondary N) is 2. The molecule has 1 aromatic carbocycles. The van der Waals surface area contributed by atoms with Gasteiger partial charge in [-0.05, 0) is 34.1 Å². The van der Waals surface area contributed by atoms with Gasteiger partial charge in [0, 0.05) is 22.3 Å². The van der Waals surface area contributed by atoms with E-state index in [1.165, 1.54) is 0 Å². The lowest BCUT2D eigenvalue weighted by atomic mass is 10.2. The van der Waals surface area contributed by atoms with E-state index < -0.39 is 0 Å². The van der Waals surface area contributed by atoms with E-state index in [1.54, 1.807) is 18.5 Å². The number of hydrogen-bond acceptors (Lipinski definition) is 6. The SMILES string of the molecule is NNc1nccc(Nc2cccc3cc(Br)cnc23)n1. The van der Waals surface area contributed by atoms with Crippen LogP contribution in [0.5, 0.6) is 0 Å². The van der Waals surface area contributed by atoms with Gasteiger partial charge in [-0.3, -0.25) is 10.4 Å². The molecule has 0 amide bonds. The molecule has 0 atom stereocenters. The van der Waals surface area contributed by atoms with Crippen LogP contribution in [0.3, 0.4) is 0 Å². The predicted octanol–water partition coefficient (Wildman–Crippen LogP) is 2.82. The van der Waals surface area contributed by atoms with Gasteiger partial charge in [0.15, 0.2) is 0 Å². The molecule has 0 spiro atoms. The summed E-state index contributed by atoms with van der Waals surface area (Å²) in [5.74, 6) is 6.30. The molecule has 3 rings (SSSR count). The second-order valence-corrected chi connectivity index (χ2v) is 4.98. The number of nitrogens with zero attached hydrogens (tertiary/aromatic N) is 3. The fraction of sp³-hybridized carbons (Fsp3) is 0. The van der Waals surface area contributed by atoms with Crippen molar-refractivity contribution in [2.75, 3.05) is 10.7 Å². The van der Waals surface area contributed by atoms with Gasteiger partial charge in [-0.25, -0.2) is 10.8 Å². The van der Waals surface area contributed by atoms with E-state index in [2.05, 4.69) is 41.6 Å². The standard InChI is InChI=1S/C13H11BrN6/c14-9-6-8-2-1-3-10(12(8)17-7-9)18-11-4-5-16-13(19-11)20-15/h1-7H,15H2,(H2,16,18,19,20). The summed E-state index contributed by atoms with van der Waals surface area (Å²) in [6, 6.07) is 9.69. The van der Waals surface area contributed by atoms with Crippen LogP contribution in [-0.4, -0.2) is 15.0 Å². The normalized spacial score (nSPS) is 10.5. The Morgan fingerprint density at radius 1 is 1.15 bits per heavy atom. The second kappa shape index (κ2) is 5.40. The van der Waals surface area contributed by atoms with Gasteiger partial charge in [-0.2, -0.15) is 4.98 Å². The van der Waals surface area contributed by atoms with Crippen LogP contribution in [0.2, 0.25) is 0 Å². The van der Waals surface area contributed by atoms with Crippen molar-refractivity contribution in [3.05, 3.63) is 47.2 Å². The first-order chi connectivity index (χ1) is 9.76. The van der Waals surface area contributed by atoms with Crippen LogP contribution in [0.1, 0.15) is 0 Å². The highest BCUT2D eigenvalue weighted by Gasteiger charge is 2.04. The quantitative estimate of drug-likeness (QED) is 0.505. The number of benzene rings is 1. The van der Waals surface area contributed by atoms with Crippen LogP contribution in [0.15, 0.2) is 47.2 Å². The molecule has 7 heteroatoms. The van der Waals surface area contributed by atoms with Gasteiger partial charge in [0.05, 0.1) is 11.2 Å². The largest absolute Gasteiger partial charge is 0.338 e. The third-order valence-electron chi connectivity index (χ3n) is 2.73. The summed E-state index contributed by atoms with van der Waals surface area (Å²) in [4.78, 5) is 12.6. The molecule has 0 radical (unpaired) electrons. The molecule has 20 heavy (non-hydrogen) atoms. The Kier molecular flexibility index (Phi) is 3.44. The zero-order chi connectivity index (χ0) is 13.9. The van der Waals surface area contributed by atoms with Gasteiger partial charge in [0.25, 0.3) is 0 Å². The first-order valence-electron chi connectivity index (χ1n) is 5.87. The van der Waals surface area contributed by atoms with Crippen LogP contribution < -0.4 is 16.6 Å². The molecule has 0 bridgehead atoms. The molecule has 0 saturated heterocycles. The molecule has 2 heterocycles. The Balaban J connectivity index is 2.02. The van der Waals surface area contributed by atoms with Crippen molar-refractivity contribution in [1.82, 2.24) is 15.0 Å². The zero-order valence-corrected chi connectivity index (χ0v) is 11.9. The van der Waals surface area contributed by atoms with Gasteiger partial charge in [-0.15, -0.1) is 0 Å². The highest BCUT2D eigenvalue weighted by atomic mass is 79.9.